The van der Waals surface area contributed by atoms with Crippen LogP contribution in [0.2, 0.25) is 5.02 Å². The normalized spacial score (nSPS) is 14.6. The number of sulfonamides is 1. The van der Waals surface area contributed by atoms with Crippen molar-refractivity contribution >= 4 is 39.0 Å². The van der Waals surface area contributed by atoms with Gasteiger partial charge in [-0.15, -0.1) is 0 Å². The van der Waals surface area contributed by atoms with Crippen LogP contribution in [0.15, 0.2) is 41.4 Å². The van der Waals surface area contributed by atoms with Crippen molar-refractivity contribution in [2.75, 3.05) is 37.4 Å². The summed E-state index contributed by atoms with van der Waals surface area (Å²) in [5, 5.41) is 2.88. The first-order valence-electron chi connectivity index (χ1n) is 8.53. The minimum absolute atomic E-state index is 0.00422. The van der Waals surface area contributed by atoms with Gasteiger partial charge < -0.3 is 10.2 Å². The second-order valence-electron chi connectivity index (χ2n) is 6.48. The number of aromatic nitrogens is 1. The number of carbonyl (C=O) groups excluding carboxylic acids is 1. The van der Waals surface area contributed by atoms with Crippen LogP contribution >= 0.6 is 11.6 Å². The van der Waals surface area contributed by atoms with Crippen LogP contribution in [-0.2, 0) is 10.0 Å². The number of nitrogens with zero attached hydrogens (tertiary/aromatic N) is 3. The first-order chi connectivity index (χ1) is 12.8. The topological polar surface area (TPSA) is 82.6 Å². The lowest BCUT2D eigenvalue weighted by molar-refractivity contribution is 0.102. The minimum atomic E-state index is -3.66. The number of halogens is 1. The third-order valence-electron chi connectivity index (χ3n) is 4.40. The highest BCUT2D eigenvalue weighted by Gasteiger charge is 2.21. The van der Waals surface area contributed by atoms with Gasteiger partial charge in [0.05, 0.1) is 27.4 Å². The summed E-state index contributed by atoms with van der Waals surface area (Å²) in [4.78, 5) is 19.2. The van der Waals surface area contributed by atoms with E-state index in [1.165, 1.54) is 32.3 Å². The van der Waals surface area contributed by atoms with Gasteiger partial charge in [0.2, 0.25) is 10.0 Å². The highest BCUT2D eigenvalue weighted by atomic mass is 35.5. The first kappa shape index (κ1) is 19.6. The standard InChI is InChI=1S/C18H21ClN4O3S/c1-22(2)27(25,26)14-6-7-16(19)15(11-14)18(24)21-13-5-8-17(20-12-13)23-9-3-4-10-23/h5-8,11-12H,3-4,9-10H2,1-2H3,(H,21,24). The molecule has 0 bridgehead atoms. The largest absolute Gasteiger partial charge is 0.357 e. The summed E-state index contributed by atoms with van der Waals surface area (Å²) in [6.07, 6.45) is 3.90. The van der Waals surface area contributed by atoms with Crippen molar-refractivity contribution in [3.8, 4) is 0 Å². The van der Waals surface area contributed by atoms with Crippen LogP contribution in [0.25, 0.3) is 0 Å². The molecular weight excluding hydrogens is 388 g/mol. The highest BCUT2D eigenvalue weighted by Crippen LogP contribution is 2.24. The van der Waals surface area contributed by atoms with Gasteiger partial charge in [-0.2, -0.15) is 0 Å². The summed E-state index contributed by atoms with van der Waals surface area (Å²) < 4.78 is 25.6. The Kier molecular flexibility index (Phi) is 5.69. The number of anilines is 2. The average Bonchev–Trinajstić information content (AvgIpc) is 3.17. The van der Waals surface area contributed by atoms with Gasteiger partial charge in [-0.1, -0.05) is 11.6 Å². The zero-order valence-electron chi connectivity index (χ0n) is 15.1. The molecule has 0 atom stereocenters. The van der Waals surface area contributed by atoms with E-state index < -0.39 is 15.9 Å². The smallest absolute Gasteiger partial charge is 0.257 e. The van der Waals surface area contributed by atoms with E-state index in [-0.39, 0.29) is 15.5 Å². The molecule has 3 rings (SSSR count). The fourth-order valence-electron chi connectivity index (χ4n) is 2.84. The minimum Gasteiger partial charge on any atom is -0.357 e. The van der Waals surface area contributed by atoms with Crippen LogP contribution in [0.3, 0.4) is 0 Å². The van der Waals surface area contributed by atoms with Crippen LogP contribution in [-0.4, -0.2) is 50.8 Å². The molecule has 2 heterocycles. The monoisotopic (exact) mass is 408 g/mol. The Balaban J connectivity index is 1.79. The lowest BCUT2D eigenvalue weighted by Crippen LogP contribution is -2.23. The number of pyridine rings is 1. The van der Waals surface area contributed by atoms with Crippen LogP contribution in [0.1, 0.15) is 23.2 Å². The van der Waals surface area contributed by atoms with E-state index in [9.17, 15) is 13.2 Å². The Labute approximate surface area is 164 Å². The molecule has 7 nitrogen and oxygen atoms in total. The van der Waals surface area contributed by atoms with Crippen molar-refractivity contribution in [2.24, 2.45) is 0 Å². The quantitative estimate of drug-likeness (QED) is 0.822. The molecular formula is C18H21ClN4O3S. The number of rotatable bonds is 5. The van der Waals surface area contributed by atoms with Crippen molar-refractivity contribution in [3.05, 3.63) is 47.1 Å². The summed E-state index contributed by atoms with van der Waals surface area (Å²) in [5.74, 6) is 0.383. The van der Waals surface area contributed by atoms with Crippen LogP contribution in [0.5, 0.6) is 0 Å². The molecule has 1 amide bonds. The molecule has 27 heavy (non-hydrogen) atoms. The van der Waals surface area contributed by atoms with Crippen molar-refractivity contribution in [1.82, 2.24) is 9.29 Å². The molecule has 1 fully saturated rings. The summed E-state index contributed by atoms with van der Waals surface area (Å²) in [6, 6.07) is 7.68. The maximum Gasteiger partial charge on any atom is 0.257 e. The fraction of sp³-hybridized carbons (Fsp3) is 0.333. The van der Waals surface area contributed by atoms with Crippen molar-refractivity contribution in [1.29, 1.82) is 0 Å². The average molecular weight is 409 g/mol. The van der Waals surface area contributed by atoms with E-state index in [0.717, 1.165) is 36.1 Å². The van der Waals surface area contributed by atoms with Crippen molar-refractivity contribution < 1.29 is 13.2 Å². The number of carbonyl (C=O) groups is 1. The van der Waals surface area contributed by atoms with Gasteiger partial charge in [0, 0.05) is 27.2 Å². The Morgan fingerprint density at radius 3 is 2.48 bits per heavy atom. The lowest BCUT2D eigenvalue weighted by atomic mass is 10.2. The summed E-state index contributed by atoms with van der Waals surface area (Å²) in [6.45, 7) is 1.98. The maximum atomic E-state index is 12.6. The molecule has 2 aromatic rings. The van der Waals surface area contributed by atoms with Crippen molar-refractivity contribution in [3.63, 3.8) is 0 Å². The number of hydrogen-bond acceptors (Lipinski definition) is 5. The molecule has 1 aliphatic rings. The van der Waals surface area contributed by atoms with Crippen LogP contribution in [0.4, 0.5) is 11.5 Å². The van der Waals surface area contributed by atoms with Gasteiger partial charge in [-0.3, -0.25) is 4.79 Å². The van der Waals surface area contributed by atoms with Gasteiger partial charge in [-0.25, -0.2) is 17.7 Å². The molecule has 1 saturated heterocycles. The summed E-state index contributed by atoms with van der Waals surface area (Å²) in [5.41, 5.74) is 0.600. The van der Waals surface area contributed by atoms with E-state index >= 15 is 0 Å². The third-order valence-corrected chi connectivity index (χ3v) is 6.54. The third kappa shape index (κ3) is 4.23. The van der Waals surface area contributed by atoms with Gasteiger partial charge in [0.15, 0.2) is 0 Å². The zero-order valence-corrected chi connectivity index (χ0v) is 16.7. The van der Waals surface area contributed by atoms with Gasteiger partial charge in [-0.05, 0) is 43.2 Å². The van der Waals surface area contributed by atoms with Gasteiger partial charge in [0.25, 0.3) is 5.91 Å². The molecule has 9 heteroatoms. The summed E-state index contributed by atoms with van der Waals surface area (Å²) >= 11 is 6.11. The molecule has 0 unspecified atom stereocenters. The van der Waals surface area contributed by atoms with Crippen LogP contribution in [0, 0.1) is 0 Å². The van der Waals surface area contributed by atoms with Crippen LogP contribution < -0.4 is 10.2 Å². The van der Waals surface area contributed by atoms with Crippen molar-refractivity contribution in [2.45, 2.75) is 17.7 Å². The number of nitrogens with one attached hydrogen (secondary N) is 1. The molecule has 1 N–H and O–H groups in total. The SMILES string of the molecule is CN(C)S(=O)(=O)c1ccc(Cl)c(C(=O)Nc2ccc(N3CCCC3)nc2)c1. The van der Waals surface area contributed by atoms with E-state index in [1.54, 1.807) is 12.3 Å². The molecule has 1 aromatic carbocycles. The molecule has 0 aliphatic carbocycles. The fourth-order valence-corrected chi connectivity index (χ4v) is 3.97. The van der Waals surface area contributed by atoms with E-state index in [2.05, 4.69) is 15.2 Å². The van der Waals surface area contributed by atoms with Gasteiger partial charge in [0.1, 0.15) is 5.82 Å². The molecule has 144 valence electrons. The lowest BCUT2D eigenvalue weighted by Gasteiger charge is -2.16. The first-order valence-corrected chi connectivity index (χ1v) is 10.4. The summed E-state index contributed by atoms with van der Waals surface area (Å²) in [7, 11) is -0.805. The Morgan fingerprint density at radius 1 is 1.19 bits per heavy atom. The van der Waals surface area contributed by atoms with E-state index in [1.807, 2.05) is 6.07 Å². The number of hydrogen-bond donors (Lipinski definition) is 1. The maximum absolute atomic E-state index is 12.6. The second kappa shape index (κ2) is 7.84. The number of amides is 1. The number of benzene rings is 1. The molecule has 1 aliphatic heterocycles. The predicted molar refractivity (Wildman–Crippen MR) is 106 cm³/mol. The van der Waals surface area contributed by atoms with E-state index in [4.69, 9.17) is 11.6 Å². The molecule has 0 saturated carbocycles. The van der Waals surface area contributed by atoms with Gasteiger partial charge >= 0.3 is 0 Å². The molecule has 0 radical (unpaired) electrons. The predicted octanol–water partition coefficient (Wildman–Crippen LogP) is 2.84. The molecule has 1 aromatic heterocycles. The second-order valence-corrected chi connectivity index (χ2v) is 9.04. The zero-order chi connectivity index (χ0) is 19.6. The molecule has 0 spiro atoms. The Morgan fingerprint density at radius 2 is 1.89 bits per heavy atom. The Hall–Kier alpha value is -2.16. The highest BCUT2D eigenvalue weighted by molar-refractivity contribution is 7.89. The Bertz CT molecular complexity index is 940. The van der Waals surface area contributed by atoms with E-state index in [0.29, 0.717) is 5.69 Å².